The van der Waals surface area contributed by atoms with Gasteiger partial charge in [0.15, 0.2) is 5.78 Å². The van der Waals surface area contributed by atoms with Crippen LogP contribution in [0.2, 0.25) is 0 Å². The molecule has 0 unspecified atom stereocenters. The van der Waals surface area contributed by atoms with Gasteiger partial charge in [-0.1, -0.05) is 45.9 Å². The third kappa shape index (κ3) is 7.40. The lowest BCUT2D eigenvalue weighted by Gasteiger charge is -2.38. The van der Waals surface area contributed by atoms with Crippen LogP contribution in [-0.4, -0.2) is 87.0 Å². The minimum absolute atomic E-state index is 0.112. The first-order valence-electron chi connectivity index (χ1n) is 16.5. The molecule has 3 heterocycles. The SMILES string of the molecule is CO[C@H]1/C=C/O[C@@]2(C)Oc3c(CO)c(O)c4c(c3C2=O)C(=O)C=C(NC(=O)/C(C)=C\C=C\[C@H](C)[C@H](O)[C@@H](C)[C@@H](O)[C@@H](C)[C@H](OC(C)=O)[C@@H]1C)C4=O. The standard InChI is InChI=1S/C37H45NO13/c1-16-10-9-11-17(2)36(47)38-23-14-24(41)26-27(32(23)45)31(44)22(15-39)34-28(26)35(46)37(7,51-34)49-13-12-25(48-8)18(3)33(50-21(6)40)20(5)30(43)19(4)29(16)42/h9-14,16,18-20,25,29-30,33,39,42-44H,15H2,1-8H3,(H,38,47)/b10-9+,13-12+,17-11-/t16-,18+,19+,20+,25-,29-,30+,33+,37-/m0/s1. The topological polar surface area (TPSA) is 215 Å². The monoisotopic (exact) mass is 711 g/mol. The molecule has 51 heavy (non-hydrogen) atoms. The molecule has 1 aliphatic carbocycles. The highest BCUT2D eigenvalue weighted by Gasteiger charge is 2.52. The van der Waals surface area contributed by atoms with E-state index in [0.29, 0.717) is 0 Å². The molecule has 276 valence electrons. The molecule has 0 aromatic heterocycles. The van der Waals surface area contributed by atoms with Gasteiger partial charge in [-0.05, 0) is 13.0 Å². The second-order valence-corrected chi connectivity index (χ2v) is 13.4. The van der Waals surface area contributed by atoms with Gasteiger partial charge in [0.05, 0.1) is 59.1 Å². The van der Waals surface area contributed by atoms with E-state index in [1.165, 1.54) is 46.1 Å². The number of nitrogens with one attached hydrogen (secondary N) is 1. The highest BCUT2D eigenvalue weighted by molar-refractivity contribution is 6.30. The summed E-state index contributed by atoms with van der Waals surface area (Å²) in [6.07, 6.45) is 3.99. The number of methoxy groups -OCH3 is 1. The van der Waals surface area contributed by atoms with Crippen LogP contribution in [-0.2, 0) is 30.4 Å². The van der Waals surface area contributed by atoms with Crippen LogP contribution in [0.15, 0.2) is 47.9 Å². The van der Waals surface area contributed by atoms with Crippen molar-refractivity contribution >= 4 is 29.2 Å². The van der Waals surface area contributed by atoms with Crippen molar-refractivity contribution in [3.8, 4) is 11.5 Å². The van der Waals surface area contributed by atoms with Crippen molar-refractivity contribution in [2.24, 2.45) is 23.7 Å². The number of amides is 1. The molecule has 1 aromatic rings. The number of fused-ring (bicyclic) bond motifs is 14. The molecule has 5 rings (SSSR count). The van der Waals surface area contributed by atoms with Gasteiger partial charge in [-0.3, -0.25) is 24.0 Å². The lowest BCUT2D eigenvalue weighted by molar-refractivity contribution is -0.160. The molecular formula is C37H45NO13. The quantitative estimate of drug-likeness (QED) is 0.286. The Morgan fingerprint density at radius 3 is 2.25 bits per heavy atom. The van der Waals surface area contributed by atoms with Crippen LogP contribution >= 0.6 is 0 Å². The van der Waals surface area contributed by atoms with Gasteiger partial charge in [0.25, 0.3) is 11.7 Å². The minimum Gasteiger partial charge on any atom is -0.507 e. The number of carbonyl (C=O) groups is 5. The summed E-state index contributed by atoms with van der Waals surface area (Å²) in [5.41, 5.74) is -2.16. The van der Waals surface area contributed by atoms with E-state index in [1.807, 2.05) is 0 Å². The predicted molar refractivity (Wildman–Crippen MR) is 180 cm³/mol. The molecule has 5 bridgehead atoms. The van der Waals surface area contributed by atoms with Gasteiger partial charge in [0.2, 0.25) is 5.78 Å². The van der Waals surface area contributed by atoms with E-state index in [4.69, 9.17) is 18.9 Å². The summed E-state index contributed by atoms with van der Waals surface area (Å²) in [7, 11) is 1.40. The second-order valence-electron chi connectivity index (χ2n) is 13.4. The number of allylic oxidation sites excluding steroid dienone is 4. The Labute approximate surface area is 295 Å². The number of aromatic hydroxyl groups is 1. The molecule has 0 fully saturated rings. The summed E-state index contributed by atoms with van der Waals surface area (Å²) < 4.78 is 22.9. The first-order valence-corrected chi connectivity index (χ1v) is 16.5. The molecule has 14 heteroatoms. The number of phenols is 1. The van der Waals surface area contributed by atoms with E-state index >= 15 is 0 Å². The van der Waals surface area contributed by atoms with Crippen LogP contribution in [0.4, 0.5) is 0 Å². The van der Waals surface area contributed by atoms with Crippen LogP contribution < -0.4 is 10.1 Å². The van der Waals surface area contributed by atoms with E-state index in [2.05, 4.69) is 5.32 Å². The van der Waals surface area contributed by atoms with Crippen molar-refractivity contribution < 1.29 is 63.3 Å². The Morgan fingerprint density at radius 2 is 1.65 bits per heavy atom. The molecule has 0 spiro atoms. The number of aliphatic hydroxyl groups is 3. The molecule has 9 atom stereocenters. The van der Waals surface area contributed by atoms with Crippen LogP contribution in [0, 0.1) is 23.7 Å². The van der Waals surface area contributed by atoms with Crippen LogP contribution in [0.5, 0.6) is 11.5 Å². The molecule has 0 saturated heterocycles. The van der Waals surface area contributed by atoms with Gasteiger partial charge >= 0.3 is 11.8 Å². The number of ketones is 3. The molecule has 0 saturated carbocycles. The summed E-state index contributed by atoms with van der Waals surface area (Å²) in [5, 5.41) is 46.2. The Morgan fingerprint density at radius 1 is 0.980 bits per heavy atom. The van der Waals surface area contributed by atoms with Crippen molar-refractivity contribution in [2.75, 3.05) is 7.11 Å². The van der Waals surface area contributed by atoms with Crippen molar-refractivity contribution in [1.82, 2.24) is 5.32 Å². The number of carbonyl (C=O) groups excluding carboxylic acids is 5. The number of ether oxygens (including phenoxy) is 4. The number of rotatable bonds is 3. The Balaban J connectivity index is 1.85. The Bertz CT molecular complexity index is 1740. The summed E-state index contributed by atoms with van der Waals surface area (Å²) in [4.78, 5) is 66.3. The fourth-order valence-corrected chi connectivity index (χ4v) is 6.68. The molecular weight excluding hydrogens is 666 g/mol. The van der Waals surface area contributed by atoms with Crippen molar-refractivity contribution in [2.45, 2.75) is 85.3 Å². The van der Waals surface area contributed by atoms with Crippen molar-refractivity contribution in [3.63, 3.8) is 0 Å². The zero-order valence-corrected chi connectivity index (χ0v) is 29.8. The van der Waals surface area contributed by atoms with Crippen LogP contribution in [0.3, 0.4) is 0 Å². The zero-order valence-electron chi connectivity index (χ0n) is 29.8. The molecule has 4 aliphatic rings. The van der Waals surface area contributed by atoms with Gasteiger partial charge in [-0.15, -0.1) is 0 Å². The first-order chi connectivity index (χ1) is 23.9. The fraction of sp³-hybridized carbons (Fsp3) is 0.486. The zero-order chi connectivity index (χ0) is 38.1. The lowest BCUT2D eigenvalue weighted by atomic mass is 9.78. The van der Waals surface area contributed by atoms with E-state index in [9.17, 15) is 44.4 Å². The Hall–Kier alpha value is -4.63. The average molecular weight is 712 g/mol. The number of benzene rings is 1. The number of esters is 1. The highest BCUT2D eigenvalue weighted by Crippen LogP contribution is 2.48. The van der Waals surface area contributed by atoms with Gasteiger partial charge in [-0.25, -0.2) is 0 Å². The van der Waals surface area contributed by atoms with E-state index in [-0.39, 0.29) is 16.9 Å². The molecule has 14 nitrogen and oxygen atoms in total. The van der Waals surface area contributed by atoms with Gasteiger partial charge in [0.1, 0.15) is 17.6 Å². The first kappa shape index (κ1) is 39.2. The van der Waals surface area contributed by atoms with Crippen LogP contribution in [0.25, 0.3) is 0 Å². The van der Waals surface area contributed by atoms with E-state index in [1.54, 1.807) is 33.8 Å². The van der Waals surface area contributed by atoms with Gasteiger partial charge < -0.3 is 44.7 Å². The smallest absolute Gasteiger partial charge is 0.312 e. The van der Waals surface area contributed by atoms with E-state index < -0.39 is 118 Å². The third-order valence-electron chi connectivity index (χ3n) is 9.82. The maximum atomic E-state index is 13.9. The molecule has 0 radical (unpaired) electrons. The molecule has 1 amide bonds. The third-order valence-corrected chi connectivity index (χ3v) is 9.82. The number of Topliss-reactive ketones (excluding diaryl/α,β-unsaturated/α-hetero) is 2. The van der Waals surface area contributed by atoms with Crippen molar-refractivity contribution in [3.05, 3.63) is 70.2 Å². The van der Waals surface area contributed by atoms with E-state index in [0.717, 1.165) is 12.3 Å². The second kappa shape index (κ2) is 15.3. The fourth-order valence-electron chi connectivity index (χ4n) is 6.68. The average Bonchev–Trinajstić information content (AvgIpc) is 3.34. The maximum absolute atomic E-state index is 13.9. The van der Waals surface area contributed by atoms with Gasteiger partial charge in [0, 0.05) is 56.3 Å². The number of hydrogen-bond donors (Lipinski definition) is 5. The summed E-state index contributed by atoms with van der Waals surface area (Å²) >= 11 is 0. The molecule has 5 N–H and O–H groups in total. The number of aliphatic hydroxyl groups excluding tert-OH is 3. The predicted octanol–water partition coefficient (Wildman–Crippen LogP) is 2.81. The Kier molecular flexibility index (Phi) is 11.8. The highest BCUT2D eigenvalue weighted by atomic mass is 16.7. The van der Waals surface area contributed by atoms with Crippen LogP contribution in [0.1, 0.15) is 85.1 Å². The lowest BCUT2D eigenvalue weighted by Crippen LogP contribution is -2.46. The molecule has 1 aromatic carbocycles. The minimum atomic E-state index is -2.14. The maximum Gasteiger partial charge on any atom is 0.312 e. The number of hydrogen-bond acceptors (Lipinski definition) is 13. The van der Waals surface area contributed by atoms with Crippen molar-refractivity contribution in [1.29, 1.82) is 0 Å². The summed E-state index contributed by atoms with van der Waals surface area (Å²) in [6, 6.07) is 0. The summed E-state index contributed by atoms with van der Waals surface area (Å²) in [5.74, 6) is -9.97. The largest absolute Gasteiger partial charge is 0.507 e. The summed E-state index contributed by atoms with van der Waals surface area (Å²) in [6.45, 7) is 9.81. The van der Waals surface area contributed by atoms with Gasteiger partial charge in [-0.2, -0.15) is 0 Å². The normalized spacial score (nSPS) is 34.0. The molecule has 3 aliphatic heterocycles.